The Morgan fingerprint density at radius 1 is 1.53 bits per heavy atom. The first-order chi connectivity index (χ1) is 9.22. The summed E-state index contributed by atoms with van der Waals surface area (Å²) in [6.45, 7) is 3.73. The van der Waals surface area contributed by atoms with E-state index in [9.17, 15) is 4.79 Å². The van der Waals surface area contributed by atoms with E-state index in [2.05, 4.69) is 10.6 Å². The molecule has 104 valence electrons. The fourth-order valence-corrected chi connectivity index (χ4v) is 2.15. The molecule has 1 aromatic rings. The summed E-state index contributed by atoms with van der Waals surface area (Å²) in [5, 5.41) is 6.12. The second-order valence-electron chi connectivity index (χ2n) is 4.55. The molecule has 0 saturated carbocycles. The first-order valence-electron chi connectivity index (χ1n) is 6.47. The summed E-state index contributed by atoms with van der Waals surface area (Å²) in [6, 6.07) is 7.31. The molecule has 19 heavy (non-hydrogen) atoms. The number of rotatable bonds is 4. The van der Waals surface area contributed by atoms with Crippen molar-refractivity contribution in [1.29, 1.82) is 0 Å². The maximum atomic E-state index is 12.1. The highest BCUT2D eigenvalue weighted by Gasteiger charge is 2.23. The van der Waals surface area contributed by atoms with Gasteiger partial charge in [-0.15, -0.1) is 0 Å². The second-order valence-corrected chi connectivity index (χ2v) is 4.55. The van der Waals surface area contributed by atoms with Crippen LogP contribution in [0.4, 0.5) is 0 Å². The summed E-state index contributed by atoms with van der Waals surface area (Å²) in [6.07, 6.45) is 0. The number of carbonyl (C=O) groups is 1. The highest BCUT2D eigenvalue weighted by atomic mass is 16.5. The Labute approximate surface area is 113 Å². The number of morpholine rings is 1. The van der Waals surface area contributed by atoms with Crippen molar-refractivity contribution in [1.82, 2.24) is 10.6 Å². The fourth-order valence-electron chi connectivity index (χ4n) is 2.15. The summed E-state index contributed by atoms with van der Waals surface area (Å²) < 4.78 is 10.6. The van der Waals surface area contributed by atoms with Crippen LogP contribution in [0.1, 0.15) is 18.5 Å². The Morgan fingerprint density at radius 2 is 2.32 bits per heavy atom. The van der Waals surface area contributed by atoms with Gasteiger partial charge in [0.1, 0.15) is 11.8 Å². The summed E-state index contributed by atoms with van der Waals surface area (Å²) in [5.41, 5.74) is 0.968. The number of hydrogen-bond donors (Lipinski definition) is 2. The van der Waals surface area contributed by atoms with Crippen molar-refractivity contribution in [3.05, 3.63) is 29.8 Å². The lowest BCUT2D eigenvalue weighted by molar-refractivity contribution is -0.126. The van der Waals surface area contributed by atoms with E-state index < -0.39 is 0 Å². The maximum Gasteiger partial charge on any atom is 0.240 e. The monoisotopic (exact) mass is 264 g/mol. The van der Waals surface area contributed by atoms with Gasteiger partial charge < -0.3 is 20.1 Å². The van der Waals surface area contributed by atoms with Crippen molar-refractivity contribution in [3.63, 3.8) is 0 Å². The van der Waals surface area contributed by atoms with Gasteiger partial charge in [-0.25, -0.2) is 0 Å². The van der Waals surface area contributed by atoms with Gasteiger partial charge in [0.2, 0.25) is 5.91 Å². The third-order valence-corrected chi connectivity index (χ3v) is 3.20. The summed E-state index contributed by atoms with van der Waals surface area (Å²) in [4.78, 5) is 12.1. The van der Waals surface area contributed by atoms with Gasteiger partial charge in [0.25, 0.3) is 0 Å². The van der Waals surface area contributed by atoms with Gasteiger partial charge in [-0.05, 0) is 13.0 Å². The Morgan fingerprint density at radius 3 is 3.00 bits per heavy atom. The number of hydrogen-bond acceptors (Lipinski definition) is 4. The molecule has 2 rings (SSSR count). The molecule has 0 radical (unpaired) electrons. The van der Waals surface area contributed by atoms with Crippen LogP contribution in [-0.2, 0) is 9.53 Å². The predicted octanol–water partition coefficient (Wildman–Crippen LogP) is 0.861. The van der Waals surface area contributed by atoms with Crippen molar-refractivity contribution in [2.75, 3.05) is 26.9 Å². The molecular formula is C14H20N2O3. The molecule has 0 aromatic heterocycles. The van der Waals surface area contributed by atoms with E-state index in [-0.39, 0.29) is 18.0 Å². The van der Waals surface area contributed by atoms with E-state index in [0.29, 0.717) is 19.8 Å². The molecule has 5 heteroatoms. The van der Waals surface area contributed by atoms with Gasteiger partial charge in [0, 0.05) is 12.1 Å². The molecular weight excluding hydrogens is 244 g/mol. The molecule has 0 spiro atoms. The SMILES string of the molecule is COc1ccccc1[C@H](C)NC(=O)C1COCCN1. The lowest BCUT2D eigenvalue weighted by Gasteiger charge is -2.25. The van der Waals surface area contributed by atoms with Crippen molar-refractivity contribution in [2.45, 2.75) is 19.0 Å². The molecule has 1 aliphatic rings. The van der Waals surface area contributed by atoms with Gasteiger partial charge >= 0.3 is 0 Å². The Kier molecular flexibility index (Phi) is 4.76. The topological polar surface area (TPSA) is 59.6 Å². The Hall–Kier alpha value is -1.59. The first-order valence-corrected chi connectivity index (χ1v) is 6.47. The number of benzene rings is 1. The van der Waals surface area contributed by atoms with Gasteiger partial charge in [-0.2, -0.15) is 0 Å². The number of carbonyl (C=O) groups excluding carboxylic acids is 1. The maximum absolute atomic E-state index is 12.1. The normalized spacial score (nSPS) is 20.6. The molecule has 0 aliphatic carbocycles. The molecule has 0 bridgehead atoms. The zero-order valence-electron chi connectivity index (χ0n) is 11.3. The van der Waals surface area contributed by atoms with Crippen LogP contribution in [0.2, 0.25) is 0 Å². The van der Waals surface area contributed by atoms with Crippen LogP contribution >= 0.6 is 0 Å². The highest BCUT2D eigenvalue weighted by molar-refractivity contribution is 5.82. The van der Waals surface area contributed by atoms with E-state index in [1.165, 1.54) is 0 Å². The molecule has 1 saturated heterocycles. The Balaban J connectivity index is 1.99. The number of nitrogens with one attached hydrogen (secondary N) is 2. The summed E-state index contributed by atoms with van der Waals surface area (Å²) in [7, 11) is 1.63. The van der Waals surface area contributed by atoms with Gasteiger partial charge in [-0.3, -0.25) is 4.79 Å². The van der Waals surface area contributed by atoms with E-state index >= 15 is 0 Å². The molecule has 1 fully saturated rings. The lowest BCUT2D eigenvalue weighted by Crippen LogP contribution is -2.51. The van der Waals surface area contributed by atoms with Gasteiger partial charge in [-0.1, -0.05) is 18.2 Å². The smallest absolute Gasteiger partial charge is 0.240 e. The third kappa shape index (κ3) is 3.45. The van der Waals surface area contributed by atoms with E-state index in [4.69, 9.17) is 9.47 Å². The zero-order valence-corrected chi connectivity index (χ0v) is 11.3. The molecule has 2 N–H and O–H groups in total. The standard InChI is InChI=1S/C14H20N2O3/c1-10(11-5-3-4-6-13(11)18-2)16-14(17)12-9-19-8-7-15-12/h3-6,10,12,15H,7-9H2,1-2H3,(H,16,17)/t10-,12?/m0/s1. The predicted molar refractivity (Wildman–Crippen MR) is 72.2 cm³/mol. The molecule has 2 atom stereocenters. The zero-order chi connectivity index (χ0) is 13.7. The minimum absolute atomic E-state index is 0.0434. The quantitative estimate of drug-likeness (QED) is 0.847. The average Bonchev–Trinajstić information content (AvgIpc) is 2.48. The summed E-state index contributed by atoms with van der Waals surface area (Å²) >= 11 is 0. The van der Waals surface area contributed by atoms with Crippen LogP contribution < -0.4 is 15.4 Å². The van der Waals surface area contributed by atoms with E-state index in [1.54, 1.807) is 7.11 Å². The van der Waals surface area contributed by atoms with Crippen molar-refractivity contribution in [3.8, 4) is 5.75 Å². The van der Waals surface area contributed by atoms with Crippen LogP contribution in [0.25, 0.3) is 0 Å². The number of amides is 1. The van der Waals surface area contributed by atoms with Crippen LogP contribution in [-0.4, -0.2) is 38.8 Å². The van der Waals surface area contributed by atoms with Crippen LogP contribution in [0, 0.1) is 0 Å². The third-order valence-electron chi connectivity index (χ3n) is 3.20. The average molecular weight is 264 g/mol. The van der Waals surface area contributed by atoms with Crippen molar-refractivity contribution >= 4 is 5.91 Å². The minimum Gasteiger partial charge on any atom is -0.496 e. The van der Waals surface area contributed by atoms with E-state index in [0.717, 1.165) is 11.3 Å². The molecule has 1 amide bonds. The molecule has 1 unspecified atom stereocenters. The highest BCUT2D eigenvalue weighted by Crippen LogP contribution is 2.24. The van der Waals surface area contributed by atoms with Crippen LogP contribution in [0.15, 0.2) is 24.3 Å². The number of ether oxygens (including phenoxy) is 2. The molecule has 1 aliphatic heterocycles. The van der Waals surface area contributed by atoms with Crippen molar-refractivity contribution in [2.24, 2.45) is 0 Å². The van der Waals surface area contributed by atoms with Crippen LogP contribution in [0.5, 0.6) is 5.75 Å². The first kappa shape index (κ1) is 13.8. The molecule has 5 nitrogen and oxygen atoms in total. The largest absolute Gasteiger partial charge is 0.496 e. The number of methoxy groups -OCH3 is 1. The van der Waals surface area contributed by atoms with E-state index in [1.807, 2.05) is 31.2 Å². The second kappa shape index (κ2) is 6.54. The van der Waals surface area contributed by atoms with Gasteiger partial charge in [0.15, 0.2) is 0 Å². The van der Waals surface area contributed by atoms with Gasteiger partial charge in [0.05, 0.1) is 26.4 Å². The minimum atomic E-state index is -0.272. The number of para-hydroxylation sites is 1. The van der Waals surface area contributed by atoms with Crippen LogP contribution in [0.3, 0.4) is 0 Å². The summed E-state index contributed by atoms with van der Waals surface area (Å²) in [5.74, 6) is 0.737. The van der Waals surface area contributed by atoms with Crippen molar-refractivity contribution < 1.29 is 14.3 Å². The Bertz CT molecular complexity index is 430. The molecule has 1 heterocycles. The molecule has 1 aromatic carbocycles. The fraction of sp³-hybridized carbons (Fsp3) is 0.500. The lowest BCUT2D eigenvalue weighted by atomic mass is 10.1.